The fourth-order valence-corrected chi connectivity index (χ4v) is 3.61. The molecule has 0 saturated carbocycles. The fraction of sp³-hybridized carbons (Fsp3) is 0.375. The molecule has 0 spiro atoms. The van der Waals surface area contributed by atoms with Crippen molar-refractivity contribution in [2.75, 3.05) is 0 Å². The lowest BCUT2D eigenvalue weighted by Crippen LogP contribution is -2.38. The van der Waals surface area contributed by atoms with Crippen LogP contribution in [0.4, 0.5) is 4.79 Å². The molecule has 0 aliphatic carbocycles. The Kier molecular flexibility index (Phi) is 7.09. The second kappa shape index (κ2) is 9.96. The van der Waals surface area contributed by atoms with Crippen molar-refractivity contribution in [1.82, 2.24) is 4.90 Å². The largest absolute Gasteiger partial charge is 0.445 e. The van der Waals surface area contributed by atoms with E-state index in [1.54, 1.807) is 0 Å². The Morgan fingerprint density at radius 3 is 2.33 bits per heavy atom. The Morgan fingerprint density at radius 2 is 1.63 bits per heavy atom. The molecule has 142 valence electrons. The van der Waals surface area contributed by atoms with Gasteiger partial charge >= 0.3 is 6.09 Å². The first-order valence-corrected chi connectivity index (χ1v) is 10.0. The highest BCUT2D eigenvalue weighted by Gasteiger charge is 2.34. The second-order valence-electron chi connectivity index (χ2n) is 7.10. The van der Waals surface area contributed by atoms with Crippen LogP contribution in [0.1, 0.15) is 56.2 Å². The van der Waals surface area contributed by atoms with Crippen molar-refractivity contribution in [2.24, 2.45) is 0 Å². The number of amides is 1. The zero-order valence-electron chi connectivity index (χ0n) is 16.1. The average molecular weight is 364 g/mol. The number of hydrogen-bond acceptors (Lipinski definition) is 2. The van der Waals surface area contributed by atoms with Crippen LogP contribution in [0, 0.1) is 0 Å². The normalized spacial score (nSPS) is 18.6. The summed E-state index contributed by atoms with van der Waals surface area (Å²) >= 11 is 0. The van der Waals surface area contributed by atoms with Crippen LogP contribution in [0.3, 0.4) is 0 Å². The van der Waals surface area contributed by atoms with Crippen LogP contribution in [-0.2, 0) is 11.3 Å². The molecule has 0 saturated heterocycles. The number of benzene rings is 2. The van der Waals surface area contributed by atoms with Gasteiger partial charge in [-0.25, -0.2) is 4.79 Å². The maximum Gasteiger partial charge on any atom is 0.411 e. The van der Waals surface area contributed by atoms with Crippen molar-refractivity contribution in [2.45, 2.75) is 57.7 Å². The summed E-state index contributed by atoms with van der Waals surface area (Å²) in [5, 5.41) is 0. The van der Waals surface area contributed by atoms with Crippen LogP contribution in [0.5, 0.6) is 0 Å². The lowest BCUT2D eigenvalue weighted by molar-refractivity contribution is 0.0801. The number of ether oxygens (including phenoxy) is 1. The highest BCUT2D eigenvalue weighted by Crippen LogP contribution is 2.33. The topological polar surface area (TPSA) is 29.5 Å². The number of rotatable bonds is 8. The molecule has 1 heterocycles. The predicted octanol–water partition coefficient (Wildman–Crippen LogP) is 6.28. The molecule has 1 aliphatic heterocycles. The molecule has 0 bridgehead atoms. The summed E-state index contributed by atoms with van der Waals surface area (Å²) in [4.78, 5) is 14.9. The van der Waals surface area contributed by atoms with Crippen molar-refractivity contribution >= 4 is 6.09 Å². The first kappa shape index (κ1) is 19.2. The van der Waals surface area contributed by atoms with Crippen LogP contribution < -0.4 is 0 Å². The summed E-state index contributed by atoms with van der Waals surface area (Å²) in [5.41, 5.74) is 2.13. The Balaban J connectivity index is 1.68. The summed E-state index contributed by atoms with van der Waals surface area (Å²) in [7, 11) is 0. The van der Waals surface area contributed by atoms with Gasteiger partial charge in [-0.1, -0.05) is 105 Å². The molecule has 27 heavy (non-hydrogen) atoms. The molecule has 2 aromatic carbocycles. The maximum atomic E-state index is 13.0. The molecule has 1 aliphatic rings. The Labute approximate surface area is 162 Å². The summed E-state index contributed by atoms with van der Waals surface area (Å²) in [6.45, 7) is 2.52. The third-order valence-electron chi connectivity index (χ3n) is 5.08. The van der Waals surface area contributed by atoms with E-state index in [-0.39, 0.29) is 18.2 Å². The van der Waals surface area contributed by atoms with Gasteiger partial charge in [0.05, 0.1) is 12.1 Å². The summed E-state index contributed by atoms with van der Waals surface area (Å²) < 4.78 is 5.67. The van der Waals surface area contributed by atoms with Crippen LogP contribution >= 0.6 is 0 Å². The van der Waals surface area contributed by atoms with E-state index in [1.807, 2.05) is 53.4 Å². The van der Waals surface area contributed by atoms with Crippen molar-refractivity contribution in [1.29, 1.82) is 0 Å². The molecule has 2 unspecified atom stereocenters. The number of nitrogens with zero attached hydrogens (tertiary/aromatic N) is 1. The molecule has 3 heteroatoms. The number of hydrogen-bond donors (Lipinski definition) is 0. The molecule has 3 nitrogen and oxygen atoms in total. The molecule has 1 amide bonds. The van der Waals surface area contributed by atoms with E-state index < -0.39 is 0 Å². The maximum absolute atomic E-state index is 13.0. The van der Waals surface area contributed by atoms with Gasteiger partial charge < -0.3 is 4.74 Å². The molecule has 3 rings (SSSR count). The van der Waals surface area contributed by atoms with E-state index in [4.69, 9.17) is 4.74 Å². The molecule has 0 N–H and O–H groups in total. The first-order chi connectivity index (χ1) is 13.3. The van der Waals surface area contributed by atoms with Crippen molar-refractivity contribution in [3.05, 3.63) is 83.9 Å². The smallest absolute Gasteiger partial charge is 0.411 e. The molecule has 0 radical (unpaired) electrons. The standard InChI is InChI=1S/C24H29NO2/c1-2-3-4-11-16-22-17-18-23(21-14-9-6-10-15-21)25(22)24(26)27-19-20-12-7-5-8-13-20/h5-10,12-15,17-18,22-23H,2-4,11,16,19H2,1H3. The number of unbranched alkanes of at least 4 members (excludes halogenated alkanes) is 3. The van der Waals surface area contributed by atoms with Crippen molar-refractivity contribution in [3.8, 4) is 0 Å². The van der Waals surface area contributed by atoms with E-state index >= 15 is 0 Å². The minimum Gasteiger partial charge on any atom is -0.445 e. The first-order valence-electron chi connectivity index (χ1n) is 10.0. The Hall–Kier alpha value is -2.55. The highest BCUT2D eigenvalue weighted by molar-refractivity contribution is 5.70. The van der Waals surface area contributed by atoms with Gasteiger partial charge in [0, 0.05) is 0 Å². The van der Waals surface area contributed by atoms with Gasteiger partial charge in [0.25, 0.3) is 0 Å². The zero-order chi connectivity index (χ0) is 18.9. The predicted molar refractivity (Wildman–Crippen MR) is 109 cm³/mol. The fourth-order valence-electron chi connectivity index (χ4n) is 3.61. The van der Waals surface area contributed by atoms with Crippen molar-refractivity contribution < 1.29 is 9.53 Å². The average Bonchev–Trinajstić information content (AvgIpc) is 3.15. The summed E-state index contributed by atoms with van der Waals surface area (Å²) in [6, 6.07) is 20.1. The van der Waals surface area contributed by atoms with Gasteiger partial charge in [-0.3, -0.25) is 4.90 Å². The van der Waals surface area contributed by atoms with Gasteiger partial charge in [0.15, 0.2) is 0 Å². The molecule has 2 aromatic rings. The third kappa shape index (κ3) is 5.22. The van der Waals surface area contributed by atoms with Crippen molar-refractivity contribution in [3.63, 3.8) is 0 Å². The van der Waals surface area contributed by atoms with Gasteiger partial charge in [-0.15, -0.1) is 0 Å². The number of carbonyl (C=O) groups is 1. The van der Waals surface area contributed by atoms with Gasteiger partial charge in [-0.05, 0) is 17.5 Å². The van der Waals surface area contributed by atoms with Crippen LogP contribution in [0.2, 0.25) is 0 Å². The lowest BCUT2D eigenvalue weighted by Gasteiger charge is -2.30. The highest BCUT2D eigenvalue weighted by atomic mass is 16.6. The summed E-state index contributed by atoms with van der Waals surface area (Å²) in [5.74, 6) is 0. The van der Waals surface area contributed by atoms with Gasteiger partial charge in [-0.2, -0.15) is 0 Å². The van der Waals surface area contributed by atoms with E-state index in [9.17, 15) is 4.79 Å². The Bertz CT molecular complexity index is 727. The molecule has 0 fully saturated rings. The second-order valence-corrected chi connectivity index (χ2v) is 7.10. The summed E-state index contributed by atoms with van der Waals surface area (Å²) in [6.07, 6.45) is 9.87. The van der Waals surface area contributed by atoms with Gasteiger partial charge in [0.2, 0.25) is 0 Å². The van der Waals surface area contributed by atoms with Crippen LogP contribution in [0.15, 0.2) is 72.8 Å². The quantitative estimate of drug-likeness (QED) is 0.408. The van der Waals surface area contributed by atoms with E-state index in [0.29, 0.717) is 6.61 Å². The molecular weight excluding hydrogens is 334 g/mol. The Morgan fingerprint density at radius 1 is 0.926 bits per heavy atom. The van der Waals surface area contributed by atoms with Crippen LogP contribution in [0.25, 0.3) is 0 Å². The van der Waals surface area contributed by atoms with E-state index in [0.717, 1.165) is 24.0 Å². The SMILES string of the molecule is CCCCCCC1C=CC(c2ccccc2)N1C(=O)OCc1ccccc1. The third-order valence-corrected chi connectivity index (χ3v) is 5.08. The lowest BCUT2D eigenvalue weighted by atomic mass is 10.1. The minimum absolute atomic E-state index is 0.0503. The van der Waals surface area contributed by atoms with Gasteiger partial charge in [0.1, 0.15) is 6.61 Å². The monoisotopic (exact) mass is 363 g/mol. The minimum atomic E-state index is -0.238. The molecule has 0 aromatic heterocycles. The van der Waals surface area contributed by atoms with E-state index in [1.165, 1.54) is 19.3 Å². The molecular formula is C24H29NO2. The van der Waals surface area contributed by atoms with Crippen LogP contribution in [-0.4, -0.2) is 17.0 Å². The molecule has 2 atom stereocenters. The zero-order valence-corrected chi connectivity index (χ0v) is 16.1. The van der Waals surface area contributed by atoms with E-state index in [2.05, 4.69) is 31.2 Å². The number of carbonyl (C=O) groups excluding carboxylic acids is 1.